The van der Waals surface area contributed by atoms with Crippen LogP contribution in [0.2, 0.25) is 0 Å². The number of hydrogen-bond donors (Lipinski definition) is 1. The van der Waals surface area contributed by atoms with E-state index in [2.05, 4.69) is 15.9 Å². The van der Waals surface area contributed by atoms with Gasteiger partial charge >= 0.3 is 5.97 Å². The van der Waals surface area contributed by atoms with Crippen molar-refractivity contribution in [3.8, 4) is 0 Å². The Balaban J connectivity index is 2.19. The fourth-order valence-electron chi connectivity index (χ4n) is 1.20. The Bertz CT molecular complexity index is 357. The molecule has 4 nitrogen and oxygen atoms in total. The maximum atomic E-state index is 11.3. The average molecular weight is 302 g/mol. The summed E-state index contributed by atoms with van der Waals surface area (Å²) in [6.45, 7) is 1.58. The highest BCUT2D eigenvalue weighted by molar-refractivity contribution is 9.10. The van der Waals surface area contributed by atoms with Crippen molar-refractivity contribution in [2.75, 3.05) is 19.8 Å². The first-order valence-corrected chi connectivity index (χ1v) is 6.19. The van der Waals surface area contributed by atoms with E-state index >= 15 is 0 Å². The molecule has 0 aliphatic carbocycles. The first-order valence-electron chi connectivity index (χ1n) is 5.40. The molecule has 0 saturated carbocycles. The van der Waals surface area contributed by atoms with E-state index in [0.29, 0.717) is 19.8 Å². The van der Waals surface area contributed by atoms with Crippen LogP contribution in [0.4, 0.5) is 0 Å². The zero-order chi connectivity index (χ0) is 12.5. The Morgan fingerprint density at radius 1 is 1.35 bits per heavy atom. The quantitative estimate of drug-likeness (QED) is 0.617. The van der Waals surface area contributed by atoms with E-state index in [-0.39, 0.29) is 19.0 Å². The molecule has 1 aromatic carbocycles. The monoisotopic (exact) mass is 301 g/mol. The number of esters is 1. The van der Waals surface area contributed by atoms with Crippen LogP contribution in [0.25, 0.3) is 0 Å². The van der Waals surface area contributed by atoms with Crippen LogP contribution in [0.15, 0.2) is 28.7 Å². The molecule has 0 bridgehead atoms. The molecule has 0 atom stereocenters. The Morgan fingerprint density at radius 2 is 2.18 bits per heavy atom. The van der Waals surface area contributed by atoms with Gasteiger partial charge in [0, 0.05) is 11.0 Å². The molecular weight excluding hydrogens is 286 g/mol. The lowest BCUT2D eigenvalue weighted by Gasteiger charge is -2.05. The summed E-state index contributed by atoms with van der Waals surface area (Å²) in [4.78, 5) is 11.3. The first kappa shape index (κ1) is 14.2. The lowest BCUT2D eigenvalue weighted by molar-refractivity contribution is -0.146. The van der Waals surface area contributed by atoms with Crippen LogP contribution in [0.5, 0.6) is 0 Å². The van der Waals surface area contributed by atoms with Gasteiger partial charge in [-0.25, -0.2) is 0 Å². The van der Waals surface area contributed by atoms with E-state index in [0.717, 1.165) is 10.0 Å². The second-order valence-electron chi connectivity index (χ2n) is 3.44. The van der Waals surface area contributed by atoms with Gasteiger partial charge in [0.25, 0.3) is 0 Å². The van der Waals surface area contributed by atoms with Gasteiger partial charge in [-0.05, 0) is 17.7 Å². The smallest absolute Gasteiger partial charge is 0.308 e. The fraction of sp³-hybridized carbons (Fsp3) is 0.417. The summed E-state index contributed by atoms with van der Waals surface area (Å²) >= 11 is 3.36. The van der Waals surface area contributed by atoms with Gasteiger partial charge < -0.3 is 15.2 Å². The van der Waals surface area contributed by atoms with Crippen LogP contribution >= 0.6 is 15.9 Å². The molecule has 0 radical (unpaired) electrons. The number of rotatable bonds is 7. The molecular formula is C12H16BrNO3. The second kappa shape index (κ2) is 8.22. The lowest BCUT2D eigenvalue weighted by atomic mass is 10.2. The predicted molar refractivity (Wildman–Crippen MR) is 68.4 cm³/mol. The van der Waals surface area contributed by atoms with Crippen molar-refractivity contribution >= 4 is 21.9 Å². The molecule has 17 heavy (non-hydrogen) atoms. The Morgan fingerprint density at radius 3 is 2.88 bits per heavy atom. The van der Waals surface area contributed by atoms with Crippen LogP contribution in [-0.2, 0) is 20.9 Å². The van der Waals surface area contributed by atoms with Crippen molar-refractivity contribution in [2.24, 2.45) is 5.73 Å². The number of carbonyl (C=O) groups excluding carboxylic acids is 1. The standard InChI is InChI=1S/C12H16BrNO3/c13-11-3-1-2-10(8-11)9-17-12(15)4-6-16-7-5-14/h1-3,8H,4-7,9,14H2. The summed E-state index contributed by atoms with van der Waals surface area (Å²) in [5.74, 6) is -0.262. The first-order chi connectivity index (χ1) is 8.22. The number of hydrogen-bond acceptors (Lipinski definition) is 4. The summed E-state index contributed by atoms with van der Waals surface area (Å²) in [7, 11) is 0. The summed E-state index contributed by atoms with van der Waals surface area (Å²) in [5.41, 5.74) is 6.20. The summed E-state index contributed by atoms with van der Waals surface area (Å²) < 4.78 is 11.2. The van der Waals surface area contributed by atoms with Crippen LogP contribution in [0.1, 0.15) is 12.0 Å². The summed E-state index contributed by atoms with van der Waals surface area (Å²) in [6, 6.07) is 7.64. The number of benzene rings is 1. The number of ether oxygens (including phenoxy) is 2. The van der Waals surface area contributed by atoms with Crippen LogP contribution in [0, 0.1) is 0 Å². The van der Waals surface area contributed by atoms with Gasteiger partial charge in [0.05, 0.1) is 19.6 Å². The van der Waals surface area contributed by atoms with E-state index in [1.54, 1.807) is 0 Å². The maximum Gasteiger partial charge on any atom is 0.308 e. The van der Waals surface area contributed by atoms with Crippen molar-refractivity contribution < 1.29 is 14.3 Å². The minimum atomic E-state index is -0.262. The third-order valence-corrected chi connectivity index (χ3v) is 2.49. The minimum Gasteiger partial charge on any atom is -0.461 e. The highest BCUT2D eigenvalue weighted by Crippen LogP contribution is 2.12. The number of carbonyl (C=O) groups is 1. The molecule has 1 rings (SSSR count). The Kier molecular flexibility index (Phi) is 6.84. The SMILES string of the molecule is NCCOCCC(=O)OCc1cccc(Br)c1. The highest BCUT2D eigenvalue weighted by atomic mass is 79.9. The third-order valence-electron chi connectivity index (χ3n) is 2.00. The van der Waals surface area contributed by atoms with E-state index in [4.69, 9.17) is 15.2 Å². The van der Waals surface area contributed by atoms with Gasteiger partial charge in [-0.3, -0.25) is 4.79 Å². The van der Waals surface area contributed by atoms with Crippen molar-refractivity contribution in [2.45, 2.75) is 13.0 Å². The van der Waals surface area contributed by atoms with E-state index in [1.807, 2.05) is 24.3 Å². The third kappa shape index (κ3) is 6.41. The Labute approximate surface area is 109 Å². The molecule has 5 heteroatoms. The van der Waals surface area contributed by atoms with Crippen molar-refractivity contribution in [1.82, 2.24) is 0 Å². The summed E-state index contributed by atoms with van der Waals surface area (Å²) in [6.07, 6.45) is 0.258. The van der Waals surface area contributed by atoms with E-state index in [1.165, 1.54) is 0 Å². The second-order valence-corrected chi connectivity index (χ2v) is 4.36. The van der Waals surface area contributed by atoms with Gasteiger partial charge in [-0.15, -0.1) is 0 Å². The molecule has 0 saturated heterocycles. The lowest BCUT2D eigenvalue weighted by Crippen LogP contribution is -2.12. The highest BCUT2D eigenvalue weighted by Gasteiger charge is 2.03. The molecule has 0 spiro atoms. The number of nitrogens with two attached hydrogens (primary N) is 1. The topological polar surface area (TPSA) is 61.5 Å². The van der Waals surface area contributed by atoms with Gasteiger partial charge in [0.2, 0.25) is 0 Å². The molecule has 0 aliphatic rings. The van der Waals surface area contributed by atoms with Crippen molar-refractivity contribution in [3.63, 3.8) is 0 Å². The minimum absolute atomic E-state index is 0.258. The molecule has 1 aromatic rings. The molecule has 2 N–H and O–H groups in total. The number of halogens is 1. The van der Waals surface area contributed by atoms with E-state index in [9.17, 15) is 4.79 Å². The van der Waals surface area contributed by atoms with Crippen LogP contribution in [-0.4, -0.2) is 25.7 Å². The fourth-order valence-corrected chi connectivity index (χ4v) is 1.65. The molecule has 0 heterocycles. The largest absolute Gasteiger partial charge is 0.461 e. The normalized spacial score (nSPS) is 10.2. The molecule has 0 aromatic heterocycles. The van der Waals surface area contributed by atoms with Gasteiger partial charge in [-0.1, -0.05) is 28.1 Å². The molecule has 0 fully saturated rings. The van der Waals surface area contributed by atoms with Crippen LogP contribution < -0.4 is 5.73 Å². The maximum absolute atomic E-state index is 11.3. The predicted octanol–water partition coefficient (Wildman–Crippen LogP) is 1.86. The van der Waals surface area contributed by atoms with Gasteiger partial charge in [0.15, 0.2) is 0 Å². The molecule has 0 unspecified atom stereocenters. The van der Waals surface area contributed by atoms with Crippen molar-refractivity contribution in [3.05, 3.63) is 34.3 Å². The van der Waals surface area contributed by atoms with Gasteiger partial charge in [-0.2, -0.15) is 0 Å². The van der Waals surface area contributed by atoms with Crippen LogP contribution in [0.3, 0.4) is 0 Å². The molecule has 0 amide bonds. The zero-order valence-corrected chi connectivity index (χ0v) is 11.1. The van der Waals surface area contributed by atoms with E-state index < -0.39 is 0 Å². The van der Waals surface area contributed by atoms with Gasteiger partial charge in [0.1, 0.15) is 6.61 Å². The Hall–Kier alpha value is -0.910. The average Bonchev–Trinajstić information content (AvgIpc) is 2.32. The molecule has 94 valence electrons. The molecule has 0 aliphatic heterocycles. The zero-order valence-electron chi connectivity index (χ0n) is 9.52. The van der Waals surface area contributed by atoms with Crippen molar-refractivity contribution in [1.29, 1.82) is 0 Å². The summed E-state index contributed by atoms with van der Waals surface area (Å²) in [5, 5.41) is 0.